The second kappa shape index (κ2) is 11.7. The van der Waals surface area contributed by atoms with Gasteiger partial charge in [-0.05, 0) is 13.8 Å². The van der Waals surface area contributed by atoms with Crippen LogP contribution in [0.4, 0.5) is 0 Å². The van der Waals surface area contributed by atoms with E-state index in [-0.39, 0.29) is 30.2 Å². The van der Waals surface area contributed by atoms with Crippen LogP contribution in [0, 0.1) is 6.92 Å². The Morgan fingerprint density at radius 2 is 1.54 bits per heavy atom. The summed E-state index contributed by atoms with van der Waals surface area (Å²) >= 11 is 0. The summed E-state index contributed by atoms with van der Waals surface area (Å²) < 4.78 is 27.7. The fourth-order valence-electron chi connectivity index (χ4n) is 3.75. The molecule has 2 heterocycles. The Kier molecular flexibility index (Phi) is 8.71. The molecule has 1 aromatic carbocycles. The molecule has 1 aromatic heterocycles. The lowest BCUT2D eigenvalue weighted by Gasteiger charge is -2.23. The first-order chi connectivity index (χ1) is 17.5. The van der Waals surface area contributed by atoms with Gasteiger partial charge in [-0.2, -0.15) is 0 Å². The van der Waals surface area contributed by atoms with Crippen LogP contribution in [0.1, 0.15) is 66.0 Å². The fraction of sp³-hybridized carbons (Fsp3) is 0.458. The number of esters is 4. The van der Waals surface area contributed by atoms with Crippen molar-refractivity contribution >= 4 is 29.7 Å². The van der Waals surface area contributed by atoms with Crippen LogP contribution in [0.3, 0.4) is 0 Å². The number of rotatable bonds is 9. The van der Waals surface area contributed by atoms with Gasteiger partial charge in [-0.3, -0.25) is 19.2 Å². The van der Waals surface area contributed by atoms with E-state index in [4.69, 9.17) is 23.7 Å². The van der Waals surface area contributed by atoms with Gasteiger partial charge in [0.2, 0.25) is 11.5 Å². The summed E-state index contributed by atoms with van der Waals surface area (Å²) in [6.45, 7) is 6.54. The predicted molar refractivity (Wildman–Crippen MR) is 122 cm³/mol. The molecule has 3 rings (SSSR count). The minimum Gasteiger partial charge on any atom is -0.463 e. The van der Waals surface area contributed by atoms with Crippen LogP contribution in [0.5, 0.6) is 0 Å². The van der Waals surface area contributed by atoms with E-state index in [0.717, 1.165) is 24.1 Å². The molecule has 0 N–H and O–H groups in total. The number of aromatic nitrogens is 3. The fourth-order valence-corrected chi connectivity index (χ4v) is 3.75. The zero-order valence-corrected chi connectivity index (χ0v) is 21.0. The molecule has 1 fully saturated rings. The van der Waals surface area contributed by atoms with Crippen LogP contribution in [-0.2, 0) is 38.1 Å². The summed E-state index contributed by atoms with van der Waals surface area (Å²) in [5.41, 5.74) is 0.444. The zero-order chi connectivity index (χ0) is 27.3. The first-order valence-corrected chi connectivity index (χ1v) is 11.4. The normalized spacial score (nSPS) is 20.7. The van der Waals surface area contributed by atoms with Crippen LogP contribution >= 0.6 is 0 Å². The summed E-state index contributed by atoms with van der Waals surface area (Å²) in [5, 5.41) is 7.79. The smallest absolute Gasteiger partial charge is 0.361 e. The monoisotopic (exact) mass is 517 g/mol. The van der Waals surface area contributed by atoms with Gasteiger partial charge in [-0.15, -0.1) is 5.10 Å². The van der Waals surface area contributed by atoms with E-state index in [2.05, 4.69) is 10.3 Å². The summed E-state index contributed by atoms with van der Waals surface area (Å²) in [5.74, 6) is -3.63. The quantitative estimate of drug-likeness (QED) is 0.267. The Bertz CT molecular complexity index is 1190. The first-order valence-electron chi connectivity index (χ1n) is 11.4. The zero-order valence-electron chi connectivity index (χ0n) is 21.0. The van der Waals surface area contributed by atoms with Crippen LogP contribution in [0.25, 0.3) is 0 Å². The molecule has 0 saturated carbocycles. The third-order valence-corrected chi connectivity index (χ3v) is 5.27. The van der Waals surface area contributed by atoms with Gasteiger partial charge in [-0.25, -0.2) is 9.48 Å². The molecule has 1 saturated heterocycles. The highest BCUT2D eigenvalue weighted by Crippen LogP contribution is 2.35. The van der Waals surface area contributed by atoms with Crippen LogP contribution in [0.2, 0.25) is 0 Å². The van der Waals surface area contributed by atoms with Gasteiger partial charge in [0.25, 0.3) is 0 Å². The number of ether oxygens (including phenoxy) is 5. The van der Waals surface area contributed by atoms with Crippen LogP contribution in [-0.4, -0.2) is 76.2 Å². The highest BCUT2D eigenvalue weighted by atomic mass is 16.7. The van der Waals surface area contributed by atoms with Gasteiger partial charge in [0, 0.05) is 26.3 Å². The number of hydrogen-bond donors (Lipinski definition) is 0. The molecule has 37 heavy (non-hydrogen) atoms. The van der Waals surface area contributed by atoms with Crippen molar-refractivity contribution < 1.29 is 47.7 Å². The Labute approximate surface area is 211 Å². The molecule has 0 amide bonds. The third-order valence-electron chi connectivity index (χ3n) is 5.27. The Balaban J connectivity index is 2.13. The van der Waals surface area contributed by atoms with E-state index < -0.39 is 54.2 Å². The van der Waals surface area contributed by atoms with Crippen LogP contribution in [0.15, 0.2) is 24.3 Å². The van der Waals surface area contributed by atoms with Gasteiger partial charge in [0.05, 0.1) is 6.61 Å². The van der Waals surface area contributed by atoms with Crippen molar-refractivity contribution in [3.05, 3.63) is 46.8 Å². The van der Waals surface area contributed by atoms with E-state index in [1.54, 1.807) is 31.2 Å². The van der Waals surface area contributed by atoms with Crippen molar-refractivity contribution in [2.75, 3.05) is 13.2 Å². The summed E-state index contributed by atoms with van der Waals surface area (Å²) in [6.07, 6.45) is -5.04. The van der Waals surface area contributed by atoms with Gasteiger partial charge >= 0.3 is 23.9 Å². The van der Waals surface area contributed by atoms with Crippen LogP contribution < -0.4 is 0 Å². The largest absolute Gasteiger partial charge is 0.463 e. The summed E-state index contributed by atoms with van der Waals surface area (Å²) in [6, 6.07) is 6.55. The molecule has 4 atom stereocenters. The van der Waals surface area contributed by atoms with Gasteiger partial charge < -0.3 is 23.7 Å². The maximum atomic E-state index is 13.6. The highest BCUT2D eigenvalue weighted by molar-refractivity contribution is 6.12. The lowest BCUT2D eigenvalue weighted by molar-refractivity contribution is -0.166. The van der Waals surface area contributed by atoms with Crippen molar-refractivity contribution in [1.29, 1.82) is 0 Å². The molecule has 2 aromatic rings. The van der Waals surface area contributed by atoms with Crippen molar-refractivity contribution in [1.82, 2.24) is 15.0 Å². The van der Waals surface area contributed by atoms with Crippen molar-refractivity contribution in [2.45, 2.75) is 59.2 Å². The van der Waals surface area contributed by atoms with Gasteiger partial charge in [0.15, 0.2) is 18.4 Å². The Hall–Kier alpha value is -4.13. The molecule has 0 radical (unpaired) electrons. The van der Waals surface area contributed by atoms with Gasteiger partial charge in [-0.1, -0.05) is 35.0 Å². The second-order valence-corrected chi connectivity index (χ2v) is 8.16. The number of benzene rings is 1. The lowest BCUT2D eigenvalue weighted by Crippen LogP contribution is -2.41. The number of nitrogens with zero attached hydrogens (tertiary/aromatic N) is 3. The molecule has 0 unspecified atom stereocenters. The number of aryl methyl sites for hydroxylation is 1. The third kappa shape index (κ3) is 6.36. The van der Waals surface area contributed by atoms with E-state index in [9.17, 15) is 24.0 Å². The number of carbonyl (C=O) groups is 5. The number of ketones is 1. The molecule has 198 valence electrons. The molecule has 0 spiro atoms. The molecule has 0 aliphatic carbocycles. The van der Waals surface area contributed by atoms with Crippen molar-refractivity contribution in [3.8, 4) is 0 Å². The lowest BCUT2D eigenvalue weighted by atomic mass is 10.0. The van der Waals surface area contributed by atoms with E-state index in [1.165, 1.54) is 6.92 Å². The Morgan fingerprint density at radius 3 is 2.11 bits per heavy atom. The van der Waals surface area contributed by atoms with Gasteiger partial charge in [0.1, 0.15) is 18.4 Å². The Morgan fingerprint density at radius 1 is 0.919 bits per heavy atom. The molecular weight excluding hydrogens is 490 g/mol. The minimum absolute atomic E-state index is 0.0127. The maximum Gasteiger partial charge on any atom is 0.361 e. The molecule has 13 nitrogen and oxygen atoms in total. The summed E-state index contributed by atoms with van der Waals surface area (Å²) in [4.78, 5) is 61.4. The highest BCUT2D eigenvalue weighted by Gasteiger charge is 2.52. The first kappa shape index (κ1) is 27.5. The van der Waals surface area contributed by atoms with E-state index in [0.29, 0.717) is 0 Å². The average Bonchev–Trinajstić information content (AvgIpc) is 3.39. The number of hydrogen-bond acceptors (Lipinski definition) is 12. The second-order valence-electron chi connectivity index (χ2n) is 8.16. The summed E-state index contributed by atoms with van der Waals surface area (Å²) in [7, 11) is 0. The van der Waals surface area contributed by atoms with Crippen molar-refractivity contribution in [3.63, 3.8) is 0 Å². The van der Waals surface area contributed by atoms with Crippen molar-refractivity contribution in [2.24, 2.45) is 0 Å². The molecule has 0 bridgehead atoms. The standard InChI is InChI=1S/C24H27N3O10/c1-6-33-24(32)18-19(20(31)16-9-7-12(2)8-10-16)27(26-25-18)23-22(36-15(5)30)21(35-14(4)29)17(37-23)11-34-13(3)28/h7-10,17,21-23H,6,11H2,1-5H3/t17-,21-,22-,23-/m1/s1. The topological polar surface area (TPSA) is 162 Å². The van der Waals surface area contributed by atoms with E-state index in [1.807, 2.05) is 6.92 Å². The molecule has 13 heteroatoms. The molecular formula is C24H27N3O10. The SMILES string of the molecule is CCOC(=O)c1nnn([C@@H]2O[C@H](COC(C)=O)[C@@H](OC(C)=O)[C@H]2OC(C)=O)c1C(=O)c1ccc(C)cc1. The average molecular weight is 517 g/mol. The molecule has 1 aliphatic rings. The minimum atomic E-state index is -1.38. The number of carbonyl (C=O) groups excluding carboxylic acids is 5. The molecule has 1 aliphatic heterocycles. The predicted octanol–water partition coefficient (Wildman–Crippen LogP) is 1.32. The van der Waals surface area contributed by atoms with E-state index >= 15 is 0 Å². The maximum absolute atomic E-state index is 13.6.